The molecule has 2 rings (SSSR count). The van der Waals surface area contributed by atoms with Gasteiger partial charge in [0.05, 0.1) is 11.8 Å². The van der Waals surface area contributed by atoms with E-state index in [1.165, 1.54) is 6.26 Å². The molecule has 1 aromatic rings. The number of anilines is 1. The van der Waals surface area contributed by atoms with Gasteiger partial charge in [0.25, 0.3) is 5.91 Å². The predicted octanol–water partition coefficient (Wildman–Crippen LogP) is 0.690. The molecule has 1 fully saturated rings. The number of hydrogen-bond acceptors (Lipinski definition) is 5. The van der Waals surface area contributed by atoms with Crippen LogP contribution >= 0.6 is 0 Å². The minimum atomic E-state index is -0.231. The van der Waals surface area contributed by atoms with Gasteiger partial charge in [0.15, 0.2) is 0 Å². The van der Waals surface area contributed by atoms with E-state index in [2.05, 4.69) is 15.6 Å². The summed E-state index contributed by atoms with van der Waals surface area (Å²) in [4.78, 5) is 15.5. The summed E-state index contributed by atoms with van der Waals surface area (Å²) in [5.74, 6) is -0.231. The number of aromatic nitrogens is 1. The maximum absolute atomic E-state index is 11.5. The molecule has 1 aromatic heterocycles. The molecule has 6 heteroatoms. The van der Waals surface area contributed by atoms with Gasteiger partial charge in [-0.15, -0.1) is 0 Å². The number of nitrogens with one attached hydrogen (secondary N) is 2. The molecule has 94 valence electrons. The number of piperidine rings is 1. The molecule has 0 aromatic carbocycles. The zero-order valence-corrected chi connectivity index (χ0v) is 9.86. The number of oxazole rings is 1. The highest BCUT2D eigenvalue weighted by Crippen LogP contribution is 2.08. The number of nitrogens with zero attached hydrogens (tertiary/aromatic N) is 1. The van der Waals surface area contributed by atoms with Crippen LogP contribution in [0.15, 0.2) is 10.7 Å². The Morgan fingerprint density at radius 3 is 3.06 bits per heavy atom. The Balaban J connectivity index is 1.70. The van der Waals surface area contributed by atoms with Gasteiger partial charge < -0.3 is 14.5 Å². The number of hydrogen-bond donors (Lipinski definition) is 2. The molecule has 2 heterocycles. The Bertz CT molecular complexity index is 372. The first-order valence-corrected chi connectivity index (χ1v) is 5.78. The molecular formula is C11H17N3O3. The number of aryl methyl sites for hydroxylation is 1. The second-order valence-corrected chi connectivity index (χ2v) is 4.10. The molecule has 0 bridgehead atoms. The van der Waals surface area contributed by atoms with E-state index in [9.17, 15) is 4.79 Å². The molecule has 0 saturated carbocycles. The molecule has 0 spiro atoms. The molecule has 1 amide bonds. The highest BCUT2D eigenvalue weighted by atomic mass is 16.5. The summed E-state index contributed by atoms with van der Waals surface area (Å²) in [6, 6.07) is 0.224. The molecule has 17 heavy (non-hydrogen) atoms. The van der Waals surface area contributed by atoms with Crippen molar-refractivity contribution in [2.24, 2.45) is 0 Å². The summed E-state index contributed by atoms with van der Waals surface area (Å²) < 4.78 is 10.5. The summed E-state index contributed by atoms with van der Waals surface area (Å²) in [6.07, 6.45) is 3.56. The SMILES string of the molecule is Cc1coc(NC(=O)COC2CCNCC2)n1. The lowest BCUT2D eigenvalue weighted by Crippen LogP contribution is -2.34. The van der Waals surface area contributed by atoms with E-state index in [-0.39, 0.29) is 24.6 Å². The largest absolute Gasteiger partial charge is 0.432 e. The summed E-state index contributed by atoms with van der Waals surface area (Å²) in [5, 5.41) is 5.78. The molecule has 6 nitrogen and oxygen atoms in total. The lowest BCUT2D eigenvalue weighted by molar-refractivity contribution is -0.123. The molecular weight excluding hydrogens is 222 g/mol. The van der Waals surface area contributed by atoms with Crippen LogP contribution in [0.5, 0.6) is 0 Å². The summed E-state index contributed by atoms with van der Waals surface area (Å²) >= 11 is 0. The Morgan fingerprint density at radius 2 is 2.41 bits per heavy atom. The van der Waals surface area contributed by atoms with Crippen LogP contribution in [0.3, 0.4) is 0 Å². The minimum Gasteiger partial charge on any atom is -0.432 e. The third-order valence-electron chi connectivity index (χ3n) is 2.60. The Hall–Kier alpha value is -1.40. The topological polar surface area (TPSA) is 76.4 Å². The number of carbonyl (C=O) groups excluding carboxylic acids is 1. The molecule has 1 aliphatic rings. The number of ether oxygens (including phenoxy) is 1. The van der Waals surface area contributed by atoms with Gasteiger partial charge in [-0.2, -0.15) is 4.98 Å². The third-order valence-corrected chi connectivity index (χ3v) is 2.60. The first kappa shape index (κ1) is 12.1. The summed E-state index contributed by atoms with van der Waals surface area (Å²) in [7, 11) is 0. The number of amides is 1. The highest BCUT2D eigenvalue weighted by molar-refractivity contribution is 5.89. The molecule has 0 unspecified atom stereocenters. The van der Waals surface area contributed by atoms with Crippen molar-refractivity contribution >= 4 is 11.9 Å². The minimum absolute atomic E-state index is 0.0477. The normalized spacial score (nSPS) is 17.0. The maximum atomic E-state index is 11.5. The third kappa shape index (κ3) is 3.83. The highest BCUT2D eigenvalue weighted by Gasteiger charge is 2.15. The van der Waals surface area contributed by atoms with Crippen LogP contribution in [0.2, 0.25) is 0 Å². The zero-order valence-electron chi connectivity index (χ0n) is 9.86. The fourth-order valence-electron chi connectivity index (χ4n) is 1.72. The molecule has 1 saturated heterocycles. The lowest BCUT2D eigenvalue weighted by atomic mass is 10.1. The van der Waals surface area contributed by atoms with E-state index in [1.807, 2.05) is 0 Å². The second-order valence-electron chi connectivity index (χ2n) is 4.10. The van der Waals surface area contributed by atoms with Crippen molar-refractivity contribution in [3.05, 3.63) is 12.0 Å². The fourth-order valence-corrected chi connectivity index (χ4v) is 1.72. The van der Waals surface area contributed by atoms with Crippen LogP contribution in [0.4, 0.5) is 6.01 Å². The van der Waals surface area contributed by atoms with Crippen LogP contribution in [-0.2, 0) is 9.53 Å². The van der Waals surface area contributed by atoms with Gasteiger partial charge >= 0.3 is 6.01 Å². The van der Waals surface area contributed by atoms with Gasteiger partial charge in [-0.25, -0.2) is 0 Å². The van der Waals surface area contributed by atoms with Crippen molar-refractivity contribution in [2.45, 2.75) is 25.9 Å². The Kier molecular flexibility index (Phi) is 4.11. The van der Waals surface area contributed by atoms with Gasteiger partial charge in [-0.3, -0.25) is 10.1 Å². The first-order valence-electron chi connectivity index (χ1n) is 5.78. The molecule has 2 N–H and O–H groups in total. The van der Waals surface area contributed by atoms with E-state index in [4.69, 9.17) is 9.15 Å². The molecule has 0 atom stereocenters. The van der Waals surface area contributed by atoms with Gasteiger partial charge in [0.1, 0.15) is 12.9 Å². The smallest absolute Gasteiger partial charge is 0.301 e. The first-order chi connectivity index (χ1) is 8.24. The molecule has 1 aliphatic heterocycles. The fraction of sp³-hybridized carbons (Fsp3) is 0.636. The predicted molar refractivity (Wildman–Crippen MR) is 61.7 cm³/mol. The second kappa shape index (κ2) is 5.79. The quantitative estimate of drug-likeness (QED) is 0.808. The van der Waals surface area contributed by atoms with Gasteiger partial charge in [-0.05, 0) is 32.9 Å². The van der Waals surface area contributed by atoms with Gasteiger partial charge in [0.2, 0.25) is 0 Å². The molecule has 0 radical (unpaired) electrons. The monoisotopic (exact) mass is 239 g/mol. The maximum Gasteiger partial charge on any atom is 0.301 e. The van der Waals surface area contributed by atoms with E-state index in [0.717, 1.165) is 31.6 Å². The Labute approximate surface area is 99.7 Å². The van der Waals surface area contributed by atoms with Gasteiger partial charge in [-0.1, -0.05) is 0 Å². The van der Waals surface area contributed by atoms with Crippen molar-refractivity contribution < 1.29 is 13.9 Å². The Morgan fingerprint density at radius 1 is 1.65 bits per heavy atom. The van der Waals surface area contributed by atoms with Crippen LogP contribution < -0.4 is 10.6 Å². The van der Waals surface area contributed by atoms with Crippen molar-refractivity contribution in [1.82, 2.24) is 10.3 Å². The van der Waals surface area contributed by atoms with Crippen LogP contribution in [0.1, 0.15) is 18.5 Å². The van der Waals surface area contributed by atoms with Crippen LogP contribution in [0.25, 0.3) is 0 Å². The number of rotatable bonds is 4. The van der Waals surface area contributed by atoms with Gasteiger partial charge in [0, 0.05) is 0 Å². The van der Waals surface area contributed by atoms with Crippen molar-refractivity contribution in [2.75, 3.05) is 25.0 Å². The summed E-state index contributed by atoms with van der Waals surface area (Å²) in [6.45, 7) is 3.74. The van der Waals surface area contributed by atoms with E-state index < -0.39 is 0 Å². The van der Waals surface area contributed by atoms with Crippen molar-refractivity contribution in [3.63, 3.8) is 0 Å². The van der Waals surface area contributed by atoms with Crippen molar-refractivity contribution in [1.29, 1.82) is 0 Å². The standard InChI is InChI=1S/C11H17N3O3/c1-8-6-17-11(13-8)14-10(15)7-16-9-2-4-12-5-3-9/h6,9,12H,2-5,7H2,1H3,(H,13,14,15). The van der Waals surface area contributed by atoms with Crippen LogP contribution in [-0.4, -0.2) is 36.7 Å². The average molecular weight is 239 g/mol. The zero-order chi connectivity index (χ0) is 12.1. The van der Waals surface area contributed by atoms with Crippen LogP contribution in [0, 0.1) is 6.92 Å². The van der Waals surface area contributed by atoms with E-state index in [0.29, 0.717) is 0 Å². The van der Waals surface area contributed by atoms with E-state index >= 15 is 0 Å². The van der Waals surface area contributed by atoms with Crippen molar-refractivity contribution in [3.8, 4) is 0 Å². The van der Waals surface area contributed by atoms with E-state index in [1.54, 1.807) is 6.92 Å². The molecule has 0 aliphatic carbocycles. The number of carbonyl (C=O) groups is 1. The average Bonchev–Trinajstić information content (AvgIpc) is 2.73. The summed E-state index contributed by atoms with van der Waals surface area (Å²) in [5.41, 5.74) is 0.736. The lowest BCUT2D eigenvalue weighted by Gasteiger charge is -2.22.